The van der Waals surface area contributed by atoms with E-state index >= 15 is 0 Å². The third-order valence-corrected chi connectivity index (χ3v) is 3.19. The third kappa shape index (κ3) is 0.895. The van der Waals surface area contributed by atoms with Gasteiger partial charge >= 0.3 is 0 Å². The number of nitrogens with one attached hydrogen (secondary N) is 2. The van der Waals surface area contributed by atoms with Crippen molar-refractivity contribution in [3.63, 3.8) is 0 Å². The summed E-state index contributed by atoms with van der Waals surface area (Å²) in [5, 5.41) is 6.30. The number of carbonyl (C=O) groups is 1. The number of fused-ring (bicyclic) bond motifs is 1. The Hall–Kier alpha value is -1.51. The number of amides is 1. The second-order valence-electron chi connectivity index (χ2n) is 4.06. The zero-order valence-corrected chi connectivity index (χ0v) is 7.84. The van der Waals surface area contributed by atoms with Gasteiger partial charge in [0.15, 0.2) is 0 Å². The molecule has 1 saturated carbocycles. The van der Waals surface area contributed by atoms with Crippen LogP contribution in [0, 0.1) is 0 Å². The van der Waals surface area contributed by atoms with Crippen LogP contribution in [0.3, 0.4) is 0 Å². The van der Waals surface area contributed by atoms with Gasteiger partial charge in [0.25, 0.3) is 0 Å². The maximum atomic E-state index is 11.8. The third-order valence-electron chi connectivity index (χ3n) is 3.19. The first-order valence-electron chi connectivity index (χ1n) is 4.99. The minimum absolute atomic E-state index is 0.127. The van der Waals surface area contributed by atoms with Crippen molar-refractivity contribution in [1.29, 1.82) is 0 Å². The number of anilines is 2. The Morgan fingerprint density at radius 2 is 1.86 bits per heavy atom. The molecule has 0 aromatic heterocycles. The van der Waals surface area contributed by atoms with E-state index in [1.54, 1.807) is 0 Å². The second kappa shape index (κ2) is 2.50. The smallest absolute Gasteiger partial charge is 0.250 e. The molecule has 2 N–H and O–H groups in total. The fourth-order valence-corrected chi connectivity index (χ4v) is 2.14. The van der Waals surface area contributed by atoms with Crippen LogP contribution in [0.1, 0.15) is 19.3 Å². The standard InChI is InChI=1S/C11H12N2O/c14-10-11(6-3-7-11)13-9-5-2-1-4-8(9)12-10/h1-2,4-5,13H,3,6-7H2,(H,12,14). The molecule has 0 radical (unpaired) electrons. The number of para-hydroxylation sites is 2. The van der Waals surface area contributed by atoms with Crippen molar-refractivity contribution >= 4 is 17.3 Å². The lowest BCUT2D eigenvalue weighted by atomic mass is 9.74. The summed E-state index contributed by atoms with van der Waals surface area (Å²) < 4.78 is 0. The van der Waals surface area contributed by atoms with Crippen LogP contribution in [0.2, 0.25) is 0 Å². The molecule has 72 valence electrons. The van der Waals surface area contributed by atoms with E-state index in [0.717, 1.165) is 30.6 Å². The van der Waals surface area contributed by atoms with Crippen molar-refractivity contribution in [3.05, 3.63) is 24.3 Å². The molecule has 1 aromatic carbocycles. The first kappa shape index (κ1) is 7.85. The summed E-state index contributed by atoms with van der Waals surface area (Å²) in [7, 11) is 0. The van der Waals surface area contributed by atoms with Crippen LogP contribution in [0.5, 0.6) is 0 Å². The van der Waals surface area contributed by atoms with Crippen LogP contribution < -0.4 is 10.6 Å². The molecule has 3 rings (SSSR count). The Bertz CT molecular complexity index is 396. The van der Waals surface area contributed by atoms with Crippen LogP contribution in [0.15, 0.2) is 24.3 Å². The second-order valence-corrected chi connectivity index (χ2v) is 4.06. The largest absolute Gasteiger partial charge is 0.370 e. The summed E-state index contributed by atoms with van der Waals surface area (Å²) in [6.07, 6.45) is 3.04. The highest BCUT2D eigenvalue weighted by molar-refractivity contribution is 6.06. The summed E-state index contributed by atoms with van der Waals surface area (Å²) in [6.45, 7) is 0. The van der Waals surface area contributed by atoms with Gasteiger partial charge in [-0.2, -0.15) is 0 Å². The summed E-state index contributed by atoms with van der Waals surface area (Å²) >= 11 is 0. The predicted molar refractivity (Wildman–Crippen MR) is 55.3 cm³/mol. The van der Waals surface area contributed by atoms with Crippen LogP contribution in [-0.4, -0.2) is 11.4 Å². The first-order valence-corrected chi connectivity index (χ1v) is 4.99. The van der Waals surface area contributed by atoms with Gasteiger partial charge in [0.2, 0.25) is 5.91 Å². The van der Waals surface area contributed by atoms with E-state index in [4.69, 9.17) is 0 Å². The molecule has 0 unspecified atom stereocenters. The number of benzene rings is 1. The summed E-state index contributed by atoms with van der Waals surface area (Å²) in [4.78, 5) is 11.8. The van der Waals surface area contributed by atoms with Gasteiger partial charge in [0.05, 0.1) is 11.4 Å². The average molecular weight is 188 g/mol. The Morgan fingerprint density at radius 1 is 1.14 bits per heavy atom. The summed E-state index contributed by atoms with van der Waals surface area (Å²) in [6, 6.07) is 7.84. The first-order chi connectivity index (χ1) is 6.80. The van der Waals surface area contributed by atoms with Gasteiger partial charge in [0.1, 0.15) is 5.54 Å². The Labute approximate surface area is 82.5 Å². The quantitative estimate of drug-likeness (QED) is 0.653. The lowest BCUT2D eigenvalue weighted by Crippen LogP contribution is -2.57. The zero-order valence-electron chi connectivity index (χ0n) is 7.84. The van der Waals surface area contributed by atoms with Crippen molar-refractivity contribution in [2.24, 2.45) is 0 Å². The van der Waals surface area contributed by atoms with Gasteiger partial charge in [-0.15, -0.1) is 0 Å². The molecular formula is C11H12N2O. The van der Waals surface area contributed by atoms with Crippen molar-refractivity contribution in [2.45, 2.75) is 24.8 Å². The highest BCUT2D eigenvalue weighted by Gasteiger charge is 2.46. The highest BCUT2D eigenvalue weighted by Crippen LogP contribution is 2.41. The zero-order chi connectivity index (χ0) is 9.60. The Balaban J connectivity index is 2.03. The predicted octanol–water partition coefficient (Wildman–Crippen LogP) is 1.97. The molecule has 3 heteroatoms. The van der Waals surface area contributed by atoms with Crippen LogP contribution in [-0.2, 0) is 4.79 Å². The molecular weight excluding hydrogens is 176 g/mol. The van der Waals surface area contributed by atoms with Gasteiger partial charge in [-0.3, -0.25) is 4.79 Å². The van der Waals surface area contributed by atoms with Crippen LogP contribution in [0.4, 0.5) is 11.4 Å². The number of hydrogen-bond acceptors (Lipinski definition) is 2. The molecule has 1 aliphatic heterocycles. The lowest BCUT2D eigenvalue weighted by Gasteiger charge is -2.44. The van der Waals surface area contributed by atoms with E-state index in [0.29, 0.717) is 0 Å². The van der Waals surface area contributed by atoms with Gasteiger partial charge in [0, 0.05) is 0 Å². The molecule has 0 atom stereocenters. The Morgan fingerprint density at radius 3 is 2.50 bits per heavy atom. The topological polar surface area (TPSA) is 41.1 Å². The minimum atomic E-state index is -0.297. The molecule has 1 fully saturated rings. The maximum absolute atomic E-state index is 11.8. The normalized spacial score (nSPS) is 21.9. The highest BCUT2D eigenvalue weighted by atomic mass is 16.2. The van der Waals surface area contributed by atoms with E-state index in [-0.39, 0.29) is 11.4 Å². The van der Waals surface area contributed by atoms with Crippen molar-refractivity contribution in [3.8, 4) is 0 Å². The molecule has 1 heterocycles. The van der Waals surface area contributed by atoms with E-state index in [1.165, 1.54) is 0 Å². The lowest BCUT2D eigenvalue weighted by molar-refractivity contribution is -0.123. The van der Waals surface area contributed by atoms with Gasteiger partial charge in [-0.05, 0) is 31.4 Å². The molecule has 1 aromatic rings. The fraction of sp³-hybridized carbons (Fsp3) is 0.364. The molecule has 2 aliphatic rings. The van der Waals surface area contributed by atoms with E-state index in [1.807, 2.05) is 24.3 Å². The summed E-state index contributed by atoms with van der Waals surface area (Å²) in [5.41, 5.74) is 1.65. The van der Waals surface area contributed by atoms with Crippen LogP contribution in [0.25, 0.3) is 0 Å². The molecule has 0 saturated heterocycles. The van der Waals surface area contributed by atoms with Crippen molar-refractivity contribution < 1.29 is 4.79 Å². The number of carbonyl (C=O) groups excluding carboxylic acids is 1. The maximum Gasteiger partial charge on any atom is 0.250 e. The molecule has 0 bridgehead atoms. The van der Waals surface area contributed by atoms with Crippen LogP contribution >= 0.6 is 0 Å². The molecule has 1 aliphatic carbocycles. The molecule has 3 nitrogen and oxygen atoms in total. The monoisotopic (exact) mass is 188 g/mol. The van der Waals surface area contributed by atoms with E-state index < -0.39 is 0 Å². The van der Waals surface area contributed by atoms with Gasteiger partial charge < -0.3 is 10.6 Å². The van der Waals surface area contributed by atoms with E-state index in [9.17, 15) is 4.79 Å². The fourth-order valence-electron chi connectivity index (χ4n) is 2.14. The summed E-state index contributed by atoms with van der Waals surface area (Å²) in [5.74, 6) is 0.127. The molecule has 1 amide bonds. The number of rotatable bonds is 0. The van der Waals surface area contributed by atoms with Gasteiger partial charge in [-0.25, -0.2) is 0 Å². The van der Waals surface area contributed by atoms with Crippen molar-refractivity contribution in [1.82, 2.24) is 0 Å². The molecule has 1 spiro atoms. The van der Waals surface area contributed by atoms with Gasteiger partial charge in [-0.1, -0.05) is 12.1 Å². The molecule has 14 heavy (non-hydrogen) atoms. The van der Waals surface area contributed by atoms with E-state index in [2.05, 4.69) is 10.6 Å². The average Bonchev–Trinajstić information content (AvgIpc) is 2.14. The SMILES string of the molecule is O=C1Nc2ccccc2NC12CCC2. The number of hydrogen-bond donors (Lipinski definition) is 2. The Kier molecular flexibility index (Phi) is 1.40. The minimum Gasteiger partial charge on any atom is -0.370 e. The van der Waals surface area contributed by atoms with Crippen molar-refractivity contribution in [2.75, 3.05) is 10.6 Å².